The SMILES string of the molecule is NCCn1ccc(C(=O)C(F)(F)F)c1. The van der Waals surface area contributed by atoms with Crippen molar-refractivity contribution in [2.75, 3.05) is 6.54 Å². The van der Waals surface area contributed by atoms with Crippen molar-refractivity contribution in [1.29, 1.82) is 0 Å². The minimum atomic E-state index is -4.81. The van der Waals surface area contributed by atoms with Crippen LogP contribution in [-0.4, -0.2) is 23.1 Å². The summed E-state index contributed by atoms with van der Waals surface area (Å²) in [6, 6.07) is 1.13. The summed E-state index contributed by atoms with van der Waals surface area (Å²) in [6.07, 6.45) is -2.27. The van der Waals surface area contributed by atoms with Crippen molar-refractivity contribution < 1.29 is 18.0 Å². The molecule has 1 rings (SSSR count). The molecule has 0 atom stereocenters. The Hall–Kier alpha value is -1.30. The second-order valence-corrected chi connectivity index (χ2v) is 2.75. The number of halogens is 3. The van der Waals surface area contributed by atoms with Crippen molar-refractivity contribution in [3.63, 3.8) is 0 Å². The Morgan fingerprint density at radius 3 is 2.64 bits per heavy atom. The average Bonchev–Trinajstić information content (AvgIpc) is 2.50. The van der Waals surface area contributed by atoms with Crippen molar-refractivity contribution >= 4 is 5.78 Å². The van der Waals surface area contributed by atoms with Gasteiger partial charge >= 0.3 is 6.18 Å². The van der Waals surface area contributed by atoms with Crippen LogP contribution in [0.15, 0.2) is 18.5 Å². The van der Waals surface area contributed by atoms with Crippen LogP contribution in [0.2, 0.25) is 0 Å². The number of hydrogen-bond acceptors (Lipinski definition) is 2. The molecule has 1 aromatic heterocycles. The zero-order valence-electron chi connectivity index (χ0n) is 7.21. The van der Waals surface area contributed by atoms with E-state index in [0.29, 0.717) is 13.1 Å². The fraction of sp³-hybridized carbons (Fsp3) is 0.375. The van der Waals surface area contributed by atoms with Crippen molar-refractivity contribution in [3.8, 4) is 0 Å². The normalized spacial score (nSPS) is 11.7. The number of nitrogens with two attached hydrogens (primary N) is 1. The zero-order valence-corrected chi connectivity index (χ0v) is 7.21. The number of hydrogen-bond donors (Lipinski definition) is 1. The van der Waals surface area contributed by atoms with Gasteiger partial charge < -0.3 is 10.3 Å². The summed E-state index contributed by atoms with van der Waals surface area (Å²) in [6.45, 7) is 0.708. The molecule has 6 heteroatoms. The molecule has 0 saturated heterocycles. The lowest BCUT2D eigenvalue weighted by atomic mass is 10.2. The summed E-state index contributed by atoms with van der Waals surface area (Å²) in [5, 5.41) is 0. The van der Waals surface area contributed by atoms with Gasteiger partial charge in [-0.3, -0.25) is 4.79 Å². The highest BCUT2D eigenvalue weighted by molar-refractivity contribution is 6.00. The van der Waals surface area contributed by atoms with Gasteiger partial charge in [-0.25, -0.2) is 0 Å². The maximum Gasteiger partial charge on any atom is 0.454 e. The quantitative estimate of drug-likeness (QED) is 0.755. The second kappa shape index (κ2) is 3.83. The van der Waals surface area contributed by atoms with Gasteiger partial charge in [0.25, 0.3) is 5.78 Å². The number of aromatic nitrogens is 1. The molecule has 0 spiro atoms. The average molecular weight is 206 g/mol. The van der Waals surface area contributed by atoms with Crippen LogP contribution in [0.25, 0.3) is 0 Å². The van der Waals surface area contributed by atoms with Gasteiger partial charge in [0.2, 0.25) is 0 Å². The van der Waals surface area contributed by atoms with Gasteiger partial charge in [-0.15, -0.1) is 0 Å². The maximum absolute atomic E-state index is 11.9. The fourth-order valence-electron chi connectivity index (χ4n) is 1.03. The van der Waals surface area contributed by atoms with Crippen molar-refractivity contribution in [3.05, 3.63) is 24.0 Å². The van der Waals surface area contributed by atoms with E-state index in [0.717, 1.165) is 12.3 Å². The van der Waals surface area contributed by atoms with Crippen molar-refractivity contribution in [2.45, 2.75) is 12.7 Å². The third-order valence-electron chi connectivity index (χ3n) is 1.66. The first-order chi connectivity index (χ1) is 6.45. The van der Waals surface area contributed by atoms with Crippen LogP contribution < -0.4 is 5.73 Å². The minimum Gasteiger partial charge on any atom is -0.352 e. The van der Waals surface area contributed by atoms with Crippen LogP contribution in [0.1, 0.15) is 10.4 Å². The van der Waals surface area contributed by atoms with Crippen LogP contribution in [0.5, 0.6) is 0 Å². The van der Waals surface area contributed by atoms with Crippen molar-refractivity contribution in [2.24, 2.45) is 5.73 Å². The molecule has 0 aliphatic carbocycles. The van der Waals surface area contributed by atoms with Gasteiger partial charge in [0.1, 0.15) is 0 Å². The van der Waals surface area contributed by atoms with Crippen molar-refractivity contribution in [1.82, 2.24) is 4.57 Å². The molecule has 0 aliphatic heterocycles. The molecule has 0 unspecified atom stereocenters. The predicted octanol–water partition coefficient (Wildman–Crippen LogP) is 1.19. The molecular weight excluding hydrogens is 197 g/mol. The van der Waals surface area contributed by atoms with Gasteiger partial charge in [-0.2, -0.15) is 13.2 Å². The number of nitrogens with zero attached hydrogens (tertiary/aromatic N) is 1. The van der Waals surface area contributed by atoms with E-state index in [9.17, 15) is 18.0 Å². The fourth-order valence-corrected chi connectivity index (χ4v) is 1.03. The zero-order chi connectivity index (χ0) is 10.8. The second-order valence-electron chi connectivity index (χ2n) is 2.75. The Bertz CT molecular complexity index is 330. The topological polar surface area (TPSA) is 48.0 Å². The van der Waals surface area contributed by atoms with E-state index in [1.165, 1.54) is 10.8 Å². The summed E-state index contributed by atoms with van der Waals surface area (Å²) in [4.78, 5) is 10.7. The van der Waals surface area contributed by atoms with Gasteiger partial charge in [0.15, 0.2) is 0 Å². The highest BCUT2D eigenvalue weighted by atomic mass is 19.4. The molecule has 0 radical (unpaired) electrons. The standard InChI is InChI=1S/C8H9F3N2O/c9-8(10,11)7(14)6-1-3-13(5-6)4-2-12/h1,3,5H,2,4,12H2. The smallest absolute Gasteiger partial charge is 0.352 e. The lowest BCUT2D eigenvalue weighted by molar-refractivity contribution is -0.0885. The number of carbonyl (C=O) groups is 1. The van der Waals surface area contributed by atoms with Gasteiger partial charge in [0.05, 0.1) is 0 Å². The Labute approximate surface area is 78.3 Å². The van der Waals surface area contributed by atoms with Crippen LogP contribution >= 0.6 is 0 Å². The summed E-state index contributed by atoms with van der Waals surface area (Å²) in [7, 11) is 0. The highest BCUT2D eigenvalue weighted by Crippen LogP contribution is 2.21. The molecule has 1 aromatic rings. The van der Waals surface area contributed by atoms with Crippen LogP contribution in [0, 0.1) is 0 Å². The van der Waals surface area contributed by atoms with Crippen LogP contribution in [0.4, 0.5) is 13.2 Å². The number of alkyl halides is 3. The number of rotatable bonds is 3. The number of carbonyl (C=O) groups excluding carboxylic acids is 1. The van der Waals surface area contributed by atoms with E-state index < -0.39 is 12.0 Å². The first-order valence-corrected chi connectivity index (χ1v) is 3.92. The summed E-state index contributed by atoms with van der Waals surface area (Å²) >= 11 is 0. The molecular formula is C8H9F3N2O. The molecule has 0 bridgehead atoms. The summed E-state index contributed by atoms with van der Waals surface area (Å²) in [5.41, 5.74) is 4.85. The van der Waals surface area contributed by atoms with Crippen LogP contribution in [0.3, 0.4) is 0 Å². The maximum atomic E-state index is 11.9. The molecule has 2 N–H and O–H groups in total. The first kappa shape index (κ1) is 10.8. The van der Waals surface area contributed by atoms with E-state index in [4.69, 9.17) is 5.73 Å². The monoisotopic (exact) mass is 206 g/mol. The summed E-state index contributed by atoms with van der Waals surface area (Å²) < 4.78 is 37.3. The largest absolute Gasteiger partial charge is 0.454 e. The molecule has 78 valence electrons. The number of Topliss-reactive ketones (excluding diaryl/α,β-unsaturated/α-hetero) is 1. The lowest BCUT2D eigenvalue weighted by Crippen LogP contribution is -2.22. The molecule has 0 amide bonds. The molecule has 0 aromatic carbocycles. The number of ketones is 1. The highest BCUT2D eigenvalue weighted by Gasteiger charge is 2.39. The Balaban J connectivity index is 2.82. The molecule has 0 aliphatic rings. The Morgan fingerprint density at radius 1 is 1.50 bits per heavy atom. The molecule has 0 fully saturated rings. The predicted molar refractivity (Wildman–Crippen MR) is 43.9 cm³/mol. The molecule has 0 saturated carbocycles. The van der Waals surface area contributed by atoms with E-state index in [-0.39, 0.29) is 5.56 Å². The minimum absolute atomic E-state index is 0.314. The lowest BCUT2D eigenvalue weighted by Gasteiger charge is -2.02. The van der Waals surface area contributed by atoms with Crippen LogP contribution in [-0.2, 0) is 6.54 Å². The van der Waals surface area contributed by atoms with E-state index >= 15 is 0 Å². The third-order valence-corrected chi connectivity index (χ3v) is 1.66. The first-order valence-electron chi connectivity index (χ1n) is 3.92. The molecule has 3 nitrogen and oxygen atoms in total. The molecule has 14 heavy (non-hydrogen) atoms. The van der Waals surface area contributed by atoms with Gasteiger partial charge in [-0.1, -0.05) is 0 Å². The Kier molecular flexibility index (Phi) is 2.95. The van der Waals surface area contributed by atoms with E-state index in [2.05, 4.69) is 0 Å². The van der Waals surface area contributed by atoms with E-state index in [1.54, 1.807) is 0 Å². The van der Waals surface area contributed by atoms with Gasteiger partial charge in [0, 0.05) is 31.0 Å². The third kappa shape index (κ3) is 2.35. The Morgan fingerprint density at radius 2 is 2.14 bits per heavy atom. The van der Waals surface area contributed by atoms with Gasteiger partial charge in [-0.05, 0) is 6.07 Å². The summed E-state index contributed by atoms with van der Waals surface area (Å²) in [5.74, 6) is -1.83. The van der Waals surface area contributed by atoms with E-state index in [1.807, 2.05) is 0 Å². The molecule has 1 heterocycles.